The van der Waals surface area contributed by atoms with Crippen LogP contribution in [0.3, 0.4) is 0 Å². The molecule has 3 aromatic rings. The molecule has 6 heteroatoms. The smallest absolute Gasteiger partial charge is 0.226 e. The third-order valence-corrected chi connectivity index (χ3v) is 5.68. The highest BCUT2D eigenvalue weighted by Gasteiger charge is 2.09. The maximum Gasteiger partial charge on any atom is 0.226 e. The van der Waals surface area contributed by atoms with Gasteiger partial charge < -0.3 is 10.1 Å². The van der Waals surface area contributed by atoms with Gasteiger partial charge in [-0.1, -0.05) is 23.7 Å². The Hall–Kier alpha value is -2.37. The van der Waals surface area contributed by atoms with Crippen molar-refractivity contribution >= 4 is 34.0 Å². The van der Waals surface area contributed by atoms with Crippen molar-refractivity contribution in [3.63, 3.8) is 0 Å². The first-order valence-electron chi connectivity index (χ1n) is 9.14. The number of aromatic nitrogens is 1. The van der Waals surface area contributed by atoms with Gasteiger partial charge in [0.25, 0.3) is 0 Å². The Balaban J connectivity index is 1.46. The van der Waals surface area contributed by atoms with Gasteiger partial charge in [-0.05, 0) is 68.1 Å². The van der Waals surface area contributed by atoms with Crippen LogP contribution in [0.25, 0.3) is 11.3 Å². The van der Waals surface area contributed by atoms with Gasteiger partial charge in [0.15, 0.2) is 5.13 Å². The molecule has 1 N–H and O–H groups in total. The van der Waals surface area contributed by atoms with Crippen LogP contribution in [0.1, 0.15) is 29.5 Å². The van der Waals surface area contributed by atoms with E-state index in [9.17, 15) is 4.79 Å². The quantitative estimate of drug-likeness (QED) is 0.469. The molecule has 0 radical (unpaired) electrons. The average Bonchev–Trinajstić information content (AvgIpc) is 3.12. The molecule has 0 saturated heterocycles. The average molecular weight is 415 g/mol. The lowest BCUT2D eigenvalue weighted by molar-refractivity contribution is -0.116. The van der Waals surface area contributed by atoms with E-state index in [2.05, 4.69) is 42.3 Å². The third-order valence-electron chi connectivity index (χ3n) is 4.50. The molecule has 0 fully saturated rings. The molecular formula is C22H23ClN2O2S. The molecule has 2 aromatic carbocycles. The zero-order chi connectivity index (χ0) is 20.1. The first-order chi connectivity index (χ1) is 13.4. The summed E-state index contributed by atoms with van der Waals surface area (Å²) in [6.45, 7) is 6.58. The van der Waals surface area contributed by atoms with Gasteiger partial charge in [0.1, 0.15) is 5.75 Å². The zero-order valence-corrected chi connectivity index (χ0v) is 17.8. The number of carbonyl (C=O) groups excluding carboxylic acids is 1. The molecule has 0 aliphatic heterocycles. The molecule has 28 heavy (non-hydrogen) atoms. The van der Waals surface area contributed by atoms with E-state index in [4.69, 9.17) is 16.3 Å². The number of hydrogen-bond acceptors (Lipinski definition) is 4. The maximum absolute atomic E-state index is 12.1. The summed E-state index contributed by atoms with van der Waals surface area (Å²) in [4.78, 5) is 16.7. The molecule has 1 heterocycles. The van der Waals surface area contributed by atoms with E-state index in [0.717, 1.165) is 27.6 Å². The molecular weight excluding hydrogens is 392 g/mol. The third kappa shape index (κ3) is 5.33. The Morgan fingerprint density at radius 3 is 2.68 bits per heavy atom. The molecule has 0 bridgehead atoms. The number of nitrogens with zero attached hydrogens (tertiary/aromatic N) is 1. The molecule has 4 nitrogen and oxygen atoms in total. The van der Waals surface area contributed by atoms with Crippen molar-refractivity contribution in [3.8, 4) is 17.0 Å². The van der Waals surface area contributed by atoms with E-state index in [0.29, 0.717) is 24.6 Å². The van der Waals surface area contributed by atoms with Crippen LogP contribution in [0.5, 0.6) is 5.75 Å². The van der Waals surface area contributed by atoms with Crippen LogP contribution in [0.2, 0.25) is 5.02 Å². The summed E-state index contributed by atoms with van der Waals surface area (Å²) in [5, 5.41) is 6.17. The van der Waals surface area contributed by atoms with E-state index in [1.165, 1.54) is 22.5 Å². The predicted molar refractivity (Wildman–Crippen MR) is 117 cm³/mol. The number of hydrogen-bond donors (Lipinski definition) is 1. The summed E-state index contributed by atoms with van der Waals surface area (Å²) in [7, 11) is 0. The van der Waals surface area contributed by atoms with Gasteiger partial charge >= 0.3 is 0 Å². The lowest BCUT2D eigenvalue weighted by Crippen LogP contribution is -2.12. The van der Waals surface area contributed by atoms with Gasteiger partial charge in [-0.15, -0.1) is 11.3 Å². The molecule has 0 aliphatic rings. The number of aryl methyl sites for hydroxylation is 3. The van der Waals surface area contributed by atoms with Crippen molar-refractivity contribution in [2.24, 2.45) is 0 Å². The lowest BCUT2D eigenvalue weighted by Gasteiger charge is -2.07. The molecule has 0 atom stereocenters. The van der Waals surface area contributed by atoms with Crippen molar-refractivity contribution in [3.05, 3.63) is 63.5 Å². The zero-order valence-electron chi connectivity index (χ0n) is 16.2. The summed E-state index contributed by atoms with van der Waals surface area (Å²) in [5.41, 5.74) is 5.40. The van der Waals surface area contributed by atoms with E-state index >= 15 is 0 Å². The molecule has 1 aromatic heterocycles. The van der Waals surface area contributed by atoms with E-state index in [1.807, 2.05) is 30.5 Å². The highest BCUT2D eigenvalue weighted by atomic mass is 35.5. The van der Waals surface area contributed by atoms with Crippen molar-refractivity contribution in [2.75, 3.05) is 11.9 Å². The second-order valence-electron chi connectivity index (χ2n) is 6.75. The van der Waals surface area contributed by atoms with E-state index < -0.39 is 0 Å². The fraction of sp³-hybridized carbons (Fsp3) is 0.273. The number of anilines is 1. The second kappa shape index (κ2) is 9.22. The van der Waals surface area contributed by atoms with Gasteiger partial charge in [-0.2, -0.15) is 0 Å². The van der Waals surface area contributed by atoms with E-state index in [1.54, 1.807) is 0 Å². The normalized spacial score (nSPS) is 10.7. The van der Waals surface area contributed by atoms with Gasteiger partial charge in [0, 0.05) is 22.4 Å². The molecule has 146 valence electrons. The summed E-state index contributed by atoms with van der Waals surface area (Å²) >= 11 is 7.44. The summed E-state index contributed by atoms with van der Waals surface area (Å²) in [6, 6.07) is 11.8. The number of carbonyl (C=O) groups is 1. The largest absolute Gasteiger partial charge is 0.494 e. The molecule has 0 unspecified atom stereocenters. The van der Waals surface area contributed by atoms with Crippen molar-refractivity contribution in [1.82, 2.24) is 4.98 Å². The first kappa shape index (κ1) is 20.4. The van der Waals surface area contributed by atoms with Gasteiger partial charge in [0.05, 0.1) is 12.3 Å². The lowest BCUT2D eigenvalue weighted by atomic mass is 10.1. The molecule has 0 spiro atoms. The Kier molecular flexibility index (Phi) is 6.70. The van der Waals surface area contributed by atoms with Crippen LogP contribution in [0.15, 0.2) is 41.8 Å². The number of ether oxygens (including phenoxy) is 1. The minimum Gasteiger partial charge on any atom is -0.494 e. The highest BCUT2D eigenvalue weighted by Crippen LogP contribution is 2.26. The van der Waals surface area contributed by atoms with Crippen LogP contribution in [0, 0.1) is 20.8 Å². The SMILES string of the molecule is Cc1ccc(-c2csc(NC(=O)CCCOc3ccc(Cl)c(C)c3)n2)cc1C. The minimum atomic E-state index is -0.0585. The molecule has 3 rings (SSSR count). The van der Waals surface area contributed by atoms with Crippen molar-refractivity contribution < 1.29 is 9.53 Å². The van der Waals surface area contributed by atoms with Gasteiger partial charge in [-0.3, -0.25) is 4.79 Å². The molecule has 0 aliphatic carbocycles. The Morgan fingerprint density at radius 2 is 1.93 bits per heavy atom. The minimum absolute atomic E-state index is 0.0585. The molecule has 0 saturated carbocycles. The van der Waals surface area contributed by atoms with Crippen LogP contribution >= 0.6 is 22.9 Å². The summed E-state index contributed by atoms with van der Waals surface area (Å²) < 4.78 is 5.67. The van der Waals surface area contributed by atoms with Crippen LogP contribution in [-0.4, -0.2) is 17.5 Å². The Labute approximate surface area is 174 Å². The van der Waals surface area contributed by atoms with Crippen molar-refractivity contribution in [1.29, 1.82) is 0 Å². The number of benzene rings is 2. The predicted octanol–water partition coefficient (Wildman–Crippen LogP) is 6.19. The number of nitrogens with one attached hydrogen (secondary N) is 1. The molecule has 1 amide bonds. The number of thiazole rings is 1. The standard InChI is InChI=1S/C22H23ClN2O2S/c1-14-6-7-17(11-15(14)2)20-13-28-22(24-20)25-21(26)5-4-10-27-18-8-9-19(23)16(3)12-18/h6-9,11-13H,4-5,10H2,1-3H3,(H,24,25,26). The van der Waals surface area contributed by atoms with Crippen LogP contribution in [-0.2, 0) is 4.79 Å². The summed E-state index contributed by atoms with van der Waals surface area (Å²) in [5.74, 6) is 0.706. The number of rotatable bonds is 7. The van der Waals surface area contributed by atoms with Gasteiger partial charge in [-0.25, -0.2) is 4.98 Å². The maximum atomic E-state index is 12.1. The monoisotopic (exact) mass is 414 g/mol. The second-order valence-corrected chi connectivity index (χ2v) is 8.01. The number of halogens is 1. The van der Waals surface area contributed by atoms with Crippen LogP contribution < -0.4 is 10.1 Å². The highest BCUT2D eigenvalue weighted by molar-refractivity contribution is 7.14. The topological polar surface area (TPSA) is 51.2 Å². The first-order valence-corrected chi connectivity index (χ1v) is 10.4. The van der Waals surface area contributed by atoms with Gasteiger partial charge in [0.2, 0.25) is 5.91 Å². The van der Waals surface area contributed by atoms with Crippen molar-refractivity contribution in [2.45, 2.75) is 33.6 Å². The van der Waals surface area contributed by atoms with Crippen LogP contribution in [0.4, 0.5) is 5.13 Å². The summed E-state index contributed by atoms with van der Waals surface area (Å²) in [6.07, 6.45) is 1.01. The Bertz CT molecular complexity index is 984. The fourth-order valence-corrected chi connectivity index (χ4v) is 3.53. The fourth-order valence-electron chi connectivity index (χ4n) is 2.68. The number of amides is 1. The Morgan fingerprint density at radius 1 is 1.11 bits per heavy atom. The van der Waals surface area contributed by atoms with E-state index in [-0.39, 0.29) is 5.91 Å².